The number of piperidine rings is 1. The van der Waals surface area contributed by atoms with Crippen molar-refractivity contribution >= 4 is 15.9 Å². The summed E-state index contributed by atoms with van der Waals surface area (Å²) in [5.74, 6) is 0. The molecule has 1 aliphatic carbocycles. The van der Waals surface area contributed by atoms with Gasteiger partial charge in [-0.2, -0.15) is 0 Å². The van der Waals surface area contributed by atoms with Crippen molar-refractivity contribution in [3.63, 3.8) is 0 Å². The molecule has 0 N–H and O–H groups in total. The standard InChI is InChI=1S/C15H23N3O4S/c19-23(20,12-5-2-1-3-6-12)14-17-16-13(22-14)18-8-4-7-15(9-18)10-21-11-15/h12H,1-11H2. The molecule has 0 unspecified atom stereocenters. The van der Waals surface area contributed by atoms with Crippen LogP contribution in [0, 0.1) is 5.41 Å². The van der Waals surface area contributed by atoms with Crippen molar-refractivity contribution in [2.24, 2.45) is 5.41 Å². The number of rotatable bonds is 3. The third kappa shape index (κ3) is 2.76. The lowest BCUT2D eigenvalue weighted by molar-refractivity contribution is -0.118. The first kappa shape index (κ1) is 15.4. The van der Waals surface area contributed by atoms with Gasteiger partial charge in [0.15, 0.2) is 0 Å². The number of sulfone groups is 1. The van der Waals surface area contributed by atoms with E-state index in [-0.39, 0.29) is 15.9 Å². The van der Waals surface area contributed by atoms with Crippen molar-refractivity contribution in [3.8, 4) is 0 Å². The van der Waals surface area contributed by atoms with Gasteiger partial charge in [-0.25, -0.2) is 8.42 Å². The second-order valence-electron chi connectivity index (χ2n) is 7.17. The van der Waals surface area contributed by atoms with Gasteiger partial charge in [0.25, 0.3) is 0 Å². The molecule has 0 aromatic carbocycles. The summed E-state index contributed by atoms with van der Waals surface area (Å²) >= 11 is 0. The fourth-order valence-corrected chi connectivity index (χ4v) is 5.55. The third-order valence-electron chi connectivity index (χ3n) is 5.38. The molecular weight excluding hydrogens is 318 g/mol. The van der Waals surface area contributed by atoms with E-state index in [1.165, 1.54) is 0 Å². The fourth-order valence-electron chi connectivity index (χ4n) is 3.96. The summed E-state index contributed by atoms with van der Waals surface area (Å²) in [4.78, 5) is 2.01. The van der Waals surface area contributed by atoms with Crippen molar-refractivity contribution in [1.82, 2.24) is 10.2 Å². The maximum Gasteiger partial charge on any atom is 0.337 e. The van der Waals surface area contributed by atoms with Crippen molar-refractivity contribution in [2.45, 2.75) is 55.4 Å². The van der Waals surface area contributed by atoms with Crippen LogP contribution in [0.25, 0.3) is 0 Å². The molecule has 0 bridgehead atoms. The number of nitrogens with zero attached hydrogens (tertiary/aromatic N) is 3. The van der Waals surface area contributed by atoms with Gasteiger partial charge in [0.05, 0.1) is 18.5 Å². The molecule has 128 valence electrons. The van der Waals surface area contributed by atoms with Crippen LogP contribution in [-0.4, -0.2) is 50.2 Å². The Morgan fingerprint density at radius 3 is 2.57 bits per heavy atom. The van der Waals surface area contributed by atoms with E-state index in [1.807, 2.05) is 4.90 Å². The summed E-state index contributed by atoms with van der Waals surface area (Å²) in [6.45, 7) is 3.17. The van der Waals surface area contributed by atoms with E-state index in [1.54, 1.807) is 0 Å². The minimum Gasteiger partial charge on any atom is -0.394 e. The Labute approximate surface area is 136 Å². The highest BCUT2D eigenvalue weighted by Gasteiger charge is 2.43. The van der Waals surface area contributed by atoms with Gasteiger partial charge in [-0.05, 0) is 25.7 Å². The van der Waals surface area contributed by atoms with E-state index in [0.29, 0.717) is 18.9 Å². The monoisotopic (exact) mass is 341 g/mol. The van der Waals surface area contributed by atoms with Crippen molar-refractivity contribution in [2.75, 3.05) is 31.2 Å². The quantitative estimate of drug-likeness (QED) is 0.828. The molecule has 1 saturated carbocycles. The van der Waals surface area contributed by atoms with E-state index in [2.05, 4.69) is 10.2 Å². The van der Waals surface area contributed by atoms with E-state index < -0.39 is 9.84 Å². The molecule has 7 nitrogen and oxygen atoms in total. The Kier molecular flexibility index (Phi) is 3.84. The molecule has 23 heavy (non-hydrogen) atoms. The van der Waals surface area contributed by atoms with Gasteiger partial charge in [0.2, 0.25) is 9.84 Å². The summed E-state index contributed by atoms with van der Waals surface area (Å²) in [7, 11) is -3.49. The zero-order chi connectivity index (χ0) is 15.9. The highest BCUT2D eigenvalue weighted by molar-refractivity contribution is 7.91. The number of anilines is 1. The lowest BCUT2D eigenvalue weighted by Gasteiger charge is -2.47. The predicted molar refractivity (Wildman–Crippen MR) is 83.1 cm³/mol. The van der Waals surface area contributed by atoms with Crippen LogP contribution in [0.3, 0.4) is 0 Å². The van der Waals surface area contributed by atoms with Crippen LogP contribution < -0.4 is 4.90 Å². The minimum atomic E-state index is -3.49. The summed E-state index contributed by atoms with van der Waals surface area (Å²) in [5.41, 5.74) is 0.190. The summed E-state index contributed by atoms with van der Waals surface area (Å²) in [6.07, 6.45) is 6.61. The Morgan fingerprint density at radius 1 is 1.09 bits per heavy atom. The molecule has 8 heteroatoms. The first-order valence-corrected chi connectivity index (χ1v) is 10.0. The third-order valence-corrected chi connectivity index (χ3v) is 7.38. The lowest BCUT2D eigenvalue weighted by atomic mass is 9.78. The van der Waals surface area contributed by atoms with Crippen LogP contribution in [0.2, 0.25) is 0 Å². The molecule has 0 amide bonds. The Morgan fingerprint density at radius 2 is 1.87 bits per heavy atom. The van der Waals surface area contributed by atoms with E-state index in [0.717, 1.165) is 58.4 Å². The van der Waals surface area contributed by atoms with Crippen LogP contribution in [-0.2, 0) is 14.6 Å². The molecular formula is C15H23N3O4S. The van der Waals surface area contributed by atoms with E-state index in [9.17, 15) is 8.42 Å². The topological polar surface area (TPSA) is 85.5 Å². The summed E-state index contributed by atoms with van der Waals surface area (Å²) < 4.78 is 36.2. The SMILES string of the molecule is O=S(=O)(c1nnc(N2CCCC3(COC3)C2)o1)C1CCCCC1. The lowest BCUT2D eigenvalue weighted by Crippen LogP contribution is -2.54. The van der Waals surface area contributed by atoms with Crippen LogP contribution in [0.15, 0.2) is 9.64 Å². The first-order chi connectivity index (χ1) is 11.1. The Bertz CT molecular complexity index is 662. The van der Waals surface area contributed by atoms with Crippen molar-refractivity contribution < 1.29 is 17.6 Å². The number of aromatic nitrogens is 2. The Balaban J connectivity index is 1.52. The smallest absolute Gasteiger partial charge is 0.337 e. The van der Waals surface area contributed by atoms with E-state index >= 15 is 0 Å². The van der Waals surface area contributed by atoms with Crippen LogP contribution in [0.4, 0.5) is 6.01 Å². The average molecular weight is 341 g/mol. The number of ether oxygens (including phenoxy) is 1. The molecule has 0 radical (unpaired) electrons. The molecule has 1 aromatic heterocycles. The molecule has 0 atom stereocenters. The normalized spacial score (nSPS) is 25.5. The second-order valence-corrected chi connectivity index (χ2v) is 9.28. The summed E-state index contributed by atoms with van der Waals surface area (Å²) in [6, 6.07) is 0.338. The maximum atomic E-state index is 12.6. The molecule has 4 rings (SSSR count). The van der Waals surface area contributed by atoms with Crippen LogP contribution in [0.5, 0.6) is 0 Å². The second kappa shape index (κ2) is 5.73. The molecule has 3 fully saturated rings. The van der Waals surface area contributed by atoms with Gasteiger partial charge < -0.3 is 14.1 Å². The molecule has 3 aliphatic rings. The molecule has 1 spiro atoms. The largest absolute Gasteiger partial charge is 0.394 e. The predicted octanol–water partition coefficient (Wildman–Crippen LogP) is 1.79. The molecule has 2 saturated heterocycles. The van der Waals surface area contributed by atoms with E-state index in [4.69, 9.17) is 9.15 Å². The average Bonchev–Trinajstić information content (AvgIpc) is 3.05. The van der Waals surface area contributed by atoms with Crippen molar-refractivity contribution in [1.29, 1.82) is 0 Å². The van der Waals surface area contributed by atoms with Gasteiger partial charge in [-0.15, -0.1) is 0 Å². The Hall–Kier alpha value is -1.15. The van der Waals surface area contributed by atoms with Gasteiger partial charge in [-0.3, -0.25) is 0 Å². The fraction of sp³-hybridized carbons (Fsp3) is 0.867. The number of hydrogen-bond donors (Lipinski definition) is 0. The molecule has 2 aliphatic heterocycles. The highest BCUT2D eigenvalue weighted by Crippen LogP contribution is 2.38. The van der Waals surface area contributed by atoms with Gasteiger partial charge >= 0.3 is 11.2 Å². The first-order valence-electron chi connectivity index (χ1n) is 8.49. The van der Waals surface area contributed by atoms with Gasteiger partial charge in [0, 0.05) is 18.5 Å². The maximum absolute atomic E-state index is 12.6. The zero-order valence-corrected chi connectivity index (χ0v) is 14.1. The number of hydrogen-bond acceptors (Lipinski definition) is 7. The molecule has 1 aromatic rings. The minimum absolute atomic E-state index is 0.190. The highest BCUT2D eigenvalue weighted by atomic mass is 32.2. The van der Waals surface area contributed by atoms with Gasteiger partial charge in [-0.1, -0.05) is 29.5 Å². The summed E-state index contributed by atoms with van der Waals surface area (Å²) in [5, 5.41) is 7.30. The van der Waals surface area contributed by atoms with Crippen LogP contribution >= 0.6 is 0 Å². The van der Waals surface area contributed by atoms with Crippen LogP contribution in [0.1, 0.15) is 44.9 Å². The molecule has 3 heterocycles. The van der Waals surface area contributed by atoms with Crippen molar-refractivity contribution in [3.05, 3.63) is 0 Å². The van der Waals surface area contributed by atoms with Gasteiger partial charge in [0.1, 0.15) is 0 Å². The zero-order valence-electron chi connectivity index (χ0n) is 13.2.